The van der Waals surface area contributed by atoms with Gasteiger partial charge in [-0.1, -0.05) is 19.8 Å². The highest BCUT2D eigenvalue weighted by molar-refractivity contribution is 7.18. The van der Waals surface area contributed by atoms with Crippen LogP contribution in [0.2, 0.25) is 0 Å². The summed E-state index contributed by atoms with van der Waals surface area (Å²) < 4.78 is 1.27. The predicted octanol–water partition coefficient (Wildman–Crippen LogP) is 3.91. The third-order valence-electron chi connectivity index (χ3n) is 3.43. The number of pyridine rings is 1. The monoisotopic (exact) mass is 232 g/mol. The molecule has 16 heavy (non-hydrogen) atoms. The second-order valence-electron chi connectivity index (χ2n) is 4.55. The van der Waals surface area contributed by atoms with Crippen LogP contribution in [0.25, 0.3) is 10.3 Å². The number of rotatable bonds is 2. The van der Waals surface area contributed by atoms with Crippen LogP contribution < -0.4 is 0 Å². The Balaban J connectivity index is 2.01. The number of aromatic nitrogens is 2. The highest BCUT2D eigenvalue weighted by Crippen LogP contribution is 2.37. The van der Waals surface area contributed by atoms with Crippen molar-refractivity contribution in [2.24, 2.45) is 0 Å². The average molecular weight is 232 g/mol. The van der Waals surface area contributed by atoms with Gasteiger partial charge in [0.15, 0.2) is 5.65 Å². The molecule has 2 aromatic heterocycles. The van der Waals surface area contributed by atoms with Gasteiger partial charge in [0.1, 0.15) is 0 Å². The Kier molecular flexibility index (Phi) is 2.64. The summed E-state index contributed by atoms with van der Waals surface area (Å²) in [4.78, 5) is 9.12. The zero-order valence-electron chi connectivity index (χ0n) is 9.57. The maximum Gasteiger partial charge on any atom is 0.170 e. The Labute approximate surface area is 99.7 Å². The maximum absolute atomic E-state index is 4.68. The molecule has 0 saturated heterocycles. The van der Waals surface area contributed by atoms with Crippen molar-refractivity contribution in [3.8, 4) is 0 Å². The van der Waals surface area contributed by atoms with E-state index >= 15 is 0 Å². The minimum Gasteiger partial charge on any atom is -0.236 e. The summed E-state index contributed by atoms with van der Waals surface area (Å²) in [5, 5.41) is 1.31. The molecule has 0 unspecified atom stereocenters. The number of nitrogens with zero attached hydrogens (tertiary/aromatic N) is 2. The number of hydrogen-bond donors (Lipinski definition) is 0. The van der Waals surface area contributed by atoms with Crippen molar-refractivity contribution in [3.05, 3.63) is 22.8 Å². The average Bonchev–Trinajstić information content (AvgIpc) is 2.96. The number of aryl methyl sites for hydroxylation is 1. The SMILES string of the molecule is CCc1cnc2nc(C3CCCC3)sc2c1. The summed E-state index contributed by atoms with van der Waals surface area (Å²) in [6, 6.07) is 2.25. The second kappa shape index (κ2) is 4.13. The fraction of sp³-hybridized carbons (Fsp3) is 0.538. The molecule has 1 saturated carbocycles. The number of thiazole rings is 1. The number of fused-ring (bicyclic) bond motifs is 1. The van der Waals surface area contributed by atoms with Crippen LogP contribution in [0.15, 0.2) is 12.3 Å². The zero-order valence-corrected chi connectivity index (χ0v) is 10.4. The first-order valence-electron chi connectivity index (χ1n) is 6.12. The molecule has 0 atom stereocenters. The van der Waals surface area contributed by atoms with Crippen molar-refractivity contribution < 1.29 is 0 Å². The molecule has 0 spiro atoms. The van der Waals surface area contributed by atoms with Crippen LogP contribution in [-0.2, 0) is 6.42 Å². The van der Waals surface area contributed by atoms with E-state index in [2.05, 4.69) is 23.0 Å². The minimum absolute atomic E-state index is 0.712. The molecule has 0 amide bonds. The highest BCUT2D eigenvalue weighted by atomic mass is 32.1. The van der Waals surface area contributed by atoms with Crippen LogP contribution in [-0.4, -0.2) is 9.97 Å². The first-order valence-corrected chi connectivity index (χ1v) is 6.94. The fourth-order valence-corrected chi connectivity index (χ4v) is 3.58. The van der Waals surface area contributed by atoms with E-state index in [0.717, 1.165) is 12.1 Å². The van der Waals surface area contributed by atoms with Gasteiger partial charge in [-0.3, -0.25) is 0 Å². The Morgan fingerprint density at radius 2 is 2.19 bits per heavy atom. The van der Waals surface area contributed by atoms with E-state index in [1.807, 2.05) is 17.5 Å². The smallest absolute Gasteiger partial charge is 0.170 e. The lowest BCUT2D eigenvalue weighted by Crippen LogP contribution is -1.90. The van der Waals surface area contributed by atoms with Gasteiger partial charge in [-0.05, 0) is 30.9 Å². The third-order valence-corrected chi connectivity index (χ3v) is 4.59. The molecule has 1 aliphatic rings. The van der Waals surface area contributed by atoms with Crippen molar-refractivity contribution in [1.82, 2.24) is 9.97 Å². The van der Waals surface area contributed by atoms with Gasteiger partial charge in [0.2, 0.25) is 0 Å². The van der Waals surface area contributed by atoms with Crippen LogP contribution in [0.5, 0.6) is 0 Å². The molecule has 0 aliphatic heterocycles. The molecule has 2 aromatic rings. The summed E-state index contributed by atoms with van der Waals surface area (Å²) in [5.41, 5.74) is 2.26. The second-order valence-corrected chi connectivity index (χ2v) is 5.61. The Morgan fingerprint density at radius 3 is 2.94 bits per heavy atom. The van der Waals surface area contributed by atoms with Crippen molar-refractivity contribution >= 4 is 21.7 Å². The van der Waals surface area contributed by atoms with E-state index in [0.29, 0.717) is 5.92 Å². The lowest BCUT2D eigenvalue weighted by atomic mass is 10.1. The summed E-state index contributed by atoms with van der Waals surface area (Å²) >= 11 is 1.85. The van der Waals surface area contributed by atoms with E-state index in [4.69, 9.17) is 0 Å². The Bertz CT molecular complexity index is 498. The van der Waals surface area contributed by atoms with Crippen LogP contribution in [0.4, 0.5) is 0 Å². The van der Waals surface area contributed by atoms with Crippen molar-refractivity contribution in [3.63, 3.8) is 0 Å². The van der Waals surface area contributed by atoms with Gasteiger partial charge < -0.3 is 0 Å². The third kappa shape index (κ3) is 1.73. The molecule has 3 rings (SSSR count). The molecule has 0 aromatic carbocycles. The van der Waals surface area contributed by atoms with Gasteiger partial charge >= 0.3 is 0 Å². The fourth-order valence-electron chi connectivity index (χ4n) is 2.42. The topological polar surface area (TPSA) is 25.8 Å². The molecule has 2 nitrogen and oxygen atoms in total. The van der Waals surface area contributed by atoms with Crippen molar-refractivity contribution in [2.75, 3.05) is 0 Å². The maximum atomic E-state index is 4.68. The molecule has 1 fully saturated rings. The molecule has 3 heteroatoms. The van der Waals surface area contributed by atoms with Crippen molar-refractivity contribution in [1.29, 1.82) is 0 Å². The van der Waals surface area contributed by atoms with Gasteiger partial charge in [0, 0.05) is 12.1 Å². The summed E-state index contributed by atoms with van der Waals surface area (Å²) in [7, 11) is 0. The first-order chi connectivity index (χ1) is 7.86. The van der Waals surface area contributed by atoms with E-state index in [1.165, 1.54) is 41.0 Å². The number of hydrogen-bond acceptors (Lipinski definition) is 3. The molecular formula is C13H16N2S. The zero-order chi connectivity index (χ0) is 11.0. The Hall–Kier alpha value is -0.960. The van der Waals surface area contributed by atoms with E-state index < -0.39 is 0 Å². The van der Waals surface area contributed by atoms with E-state index in [1.54, 1.807) is 0 Å². The standard InChI is InChI=1S/C13H16N2S/c1-2-9-7-11-12(14-8-9)15-13(16-11)10-5-3-4-6-10/h7-8,10H,2-6H2,1H3. The quantitative estimate of drug-likeness (QED) is 0.784. The van der Waals surface area contributed by atoms with E-state index in [9.17, 15) is 0 Å². The summed E-state index contributed by atoms with van der Waals surface area (Å²) in [5.74, 6) is 0.712. The molecule has 2 heterocycles. The van der Waals surface area contributed by atoms with Crippen molar-refractivity contribution in [2.45, 2.75) is 44.9 Å². The molecular weight excluding hydrogens is 216 g/mol. The summed E-state index contributed by atoms with van der Waals surface area (Å²) in [6.45, 7) is 2.17. The first kappa shape index (κ1) is 10.2. The van der Waals surface area contributed by atoms with Gasteiger partial charge in [0.25, 0.3) is 0 Å². The van der Waals surface area contributed by atoms with Crippen LogP contribution >= 0.6 is 11.3 Å². The molecule has 84 valence electrons. The van der Waals surface area contributed by atoms with Gasteiger partial charge in [-0.25, -0.2) is 9.97 Å². The summed E-state index contributed by atoms with van der Waals surface area (Å²) in [6.07, 6.45) is 8.39. The molecule has 0 bridgehead atoms. The van der Waals surface area contributed by atoms with Crippen LogP contribution in [0.3, 0.4) is 0 Å². The lowest BCUT2D eigenvalue weighted by Gasteiger charge is -2.01. The highest BCUT2D eigenvalue weighted by Gasteiger charge is 2.20. The molecule has 0 N–H and O–H groups in total. The van der Waals surface area contributed by atoms with Gasteiger partial charge in [0.05, 0.1) is 9.71 Å². The largest absolute Gasteiger partial charge is 0.236 e. The van der Waals surface area contributed by atoms with E-state index in [-0.39, 0.29) is 0 Å². The molecule has 1 aliphatic carbocycles. The van der Waals surface area contributed by atoms with Gasteiger partial charge in [-0.2, -0.15) is 0 Å². The minimum atomic E-state index is 0.712. The molecule has 0 radical (unpaired) electrons. The van der Waals surface area contributed by atoms with Crippen LogP contribution in [0, 0.1) is 0 Å². The normalized spacial score (nSPS) is 17.3. The lowest BCUT2D eigenvalue weighted by molar-refractivity contribution is 0.718. The van der Waals surface area contributed by atoms with Gasteiger partial charge in [-0.15, -0.1) is 11.3 Å². The van der Waals surface area contributed by atoms with Crippen LogP contribution in [0.1, 0.15) is 49.1 Å². The predicted molar refractivity (Wildman–Crippen MR) is 68.0 cm³/mol. The Morgan fingerprint density at radius 1 is 1.38 bits per heavy atom.